The SMILES string of the molecule is C[Se]C/C=C/[C@H]1C[C@H]1Sc1c(C)c(C)cc(C)c1C. The van der Waals surface area contributed by atoms with Gasteiger partial charge in [0, 0.05) is 0 Å². The van der Waals surface area contributed by atoms with Crippen molar-refractivity contribution in [1.82, 2.24) is 0 Å². The van der Waals surface area contributed by atoms with Crippen LogP contribution in [-0.2, 0) is 0 Å². The molecule has 1 aliphatic rings. The van der Waals surface area contributed by atoms with Crippen molar-refractivity contribution in [2.75, 3.05) is 0 Å². The van der Waals surface area contributed by atoms with E-state index in [1.165, 1.54) is 38.9 Å². The third-order valence-corrected chi connectivity index (χ3v) is 6.79. The topological polar surface area (TPSA) is 0 Å². The van der Waals surface area contributed by atoms with Gasteiger partial charge in [-0.25, -0.2) is 0 Å². The third-order valence-electron chi connectivity index (χ3n) is 3.99. The van der Waals surface area contributed by atoms with Crippen molar-refractivity contribution >= 4 is 26.7 Å². The number of allylic oxidation sites excluding steroid dienone is 2. The van der Waals surface area contributed by atoms with E-state index in [1.54, 1.807) is 0 Å². The van der Waals surface area contributed by atoms with Gasteiger partial charge in [0.05, 0.1) is 0 Å². The van der Waals surface area contributed by atoms with Gasteiger partial charge in [0.15, 0.2) is 0 Å². The molecule has 0 aliphatic heterocycles. The molecule has 1 fully saturated rings. The molecule has 1 aromatic rings. The summed E-state index contributed by atoms with van der Waals surface area (Å²) in [6, 6.07) is 2.32. The van der Waals surface area contributed by atoms with E-state index >= 15 is 0 Å². The molecule has 0 spiro atoms. The number of hydrogen-bond donors (Lipinski definition) is 0. The van der Waals surface area contributed by atoms with E-state index < -0.39 is 0 Å². The summed E-state index contributed by atoms with van der Waals surface area (Å²) in [7, 11) is 0. The van der Waals surface area contributed by atoms with Crippen LogP contribution in [-0.4, -0.2) is 20.2 Å². The Balaban J connectivity index is 2.05. The van der Waals surface area contributed by atoms with Crippen molar-refractivity contribution in [2.24, 2.45) is 5.92 Å². The number of benzene rings is 1. The number of aryl methyl sites for hydroxylation is 2. The molecule has 0 radical (unpaired) electrons. The minimum absolute atomic E-state index is 0.787. The normalized spacial score (nSPS) is 22.2. The van der Waals surface area contributed by atoms with Crippen LogP contribution in [0, 0.1) is 33.6 Å². The number of rotatable bonds is 5. The monoisotopic (exact) mass is 340 g/mol. The summed E-state index contributed by atoms with van der Waals surface area (Å²) in [4.78, 5) is 1.54. The van der Waals surface area contributed by atoms with Gasteiger partial charge < -0.3 is 0 Å². The zero-order chi connectivity index (χ0) is 14.0. The van der Waals surface area contributed by atoms with Crippen LogP contribution >= 0.6 is 11.8 Å². The molecule has 104 valence electrons. The molecule has 0 N–H and O–H groups in total. The van der Waals surface area contributed by atoms with E-state index in [9.17, 15) is 0 Å². The third kappa shape index (κ3) is 3.68. The van der Waals surface area contributed by atoms with E-state index in [0.717, 1.165) is 26.1 Å². The molecule has 1 aliphatic carbocycles. The number of hydrogen-bond acceptors (Lipinski definition) is 1. The average Bonchev–Trinajstić information content (AvgIpc) is 3.11. The molecule has 19 heavy (non-hydrogen) atoms. The average molecular weight is 339 g/mol. The Morgan fingerprint density at radius 1 is 1.21 bits per heavy atom. The fraction of sp³-hybridized carbons (Fsp3) is 0.529. The van der Waals surface area contributed by atoms with Crippen LogP contribution in [0.3, 0.4) is 0 Å². The van der Waals surface area contributed by atoms with Gasteiger partial charge in [-0.2, -0.15) is 0 Å². The van der Waals surface area contributed by atoms with Crippen LogP contribution in [0.4, 0.5) is 0 Å². The van der Waals surface area contributed by atoms with E-state index in [1.807, 2.05) is 0 Å². The fourth-order valence-corrected chi connectivity index (χ4v) is 4.56. The van der Waals surface area contributed by atoms with Crippen molar-refractivity contribution in [3.63, 3.8) is 0 Å². The Kier molecular flexibility index (Phi) is 5.22. The molecular weight excluding hydrogens is 315 g/mol. The summed E-state index contributed by atoms with van der Waals surface area (Å²) >= 11 is 2.90. The zero-order valence-electron chi connectivity index (χ0n) is 12.6. The van der Waals surface area contributed by atoms with Gasteiger partial charge >= 0.3 is 129 Å². The molecule has 0 unspecified atom stereocenters. The van der Waals surface area contributed by atoms with Crippen LogP contribution < -0.4 is 0 Å². The molecule has 2 rings (SSSR count). The Morgan fingerprint density at radius 2 is 1.84 bits per heavy atom. The maximum absolute atomic E-state index is 2.45. The van der Waals surface area contributed by atoms with Gasteiger partial charge in [-0.05, 0) is 0 Å². The molecule has 0 saturated heterocycles. The molecule has 0 amide bonds. The van der Waals surface area contributed by atoms with Crippen molar-refractivity contribution in [3.8, 4) is 0 Å². The van der Waals surface area contributed by atoms with Gasteiger partial charge in [-0.1, -0.05) is 0 Å². The molecule has 2 atom stereocenters. The van der Waals surface area contributed by atoms with Crippen LogP contribution in [0.1, 0.15) is 28.7 Å². The van der Waals surface area contributed by atoms with E-state index in [2.05, 4.69) is 63.5 Å². The second-order valence-corrected chi connectivity index (χ2v) is 8.69. The molecule has 0 heterocycles. The summed E-state index contributed by atoms with van der Waals surface area (Å²) in [5.41, 5.74) is 5.85. The Labute approximate surface area is 128 Å². The van der Waals surface area contributed by atoms with Crippen LogP contribution in [0.15, 0.2) is 23.1 Å². The first-order valence-electron chi connectivity index (χ1n) is 6.94. The zero-order valence-corrected chi connectivity index (χ0v) is 15.1. The van der Waals surface area contributed by atoms with Gasteiger partial charge in [0.1, 0.15) is 0 Å². The van der Waals surface area contributed by atoms with Crippen LogP contribution in [0.2, 0.25) is 11.1 Å². The molecule has 1 aromatic carbocycles. The number of thioether (sulfide) groups is 1. The Bertz CT molecular complexity index is 464. The molecule has 0 nitrogen and oxygen atoms in total. The standard InChI is InChI=1S/C17H24SSe/c1-11-9-12(2)14(4)17(13(11)3)18-16-10-15(16)7-6-8-19-5/h6-7,9,15-16H,8,10H2,1-5H3/b7-6+/t15-,16+/m0/s1. The summed E-state index contributed by atoms with van der Waals surface area (Å²) in [6.07, 6.45) is 6.21. The van der Waals surface area contributed by atoms with Crippen molar-refractivity contribution < 1.29 is 0 Å². The van der Waals surface area contributed by atoms with E-state index in [0.29, 0.717) is 0 Å². The molecule has 0 bridgehead atoms. The van der Waals surface area contributed by atoms with Gasteiger partial charge in [0.2, 0.25) is 0 Å². The van der Waals surface area contributed by atoms with Crippen molar-refractivity contribution in [3.05, 3.63) is 40.5 Å². The van der Waals surface area contributed by atoms with Crippen LogP contribution in [0.5, 0.6) is 0 Å². The van der Waals surface area contributed by atoms with Crippen molar-refractivity contribution in [2.45, 2.75) is 55.4 Å². The van der Waals surface area contributed by atoms with Crippen LogP contribution in [0.25, 0.3) is 0 Å². The minimum atomic E-state index is 0.787. The Morgan fingerprint density at radius 3 is 2.42 bits per heavy atom. The fourth-order valence-electron chi connectivity index (χ4n) is 2.36. The predicted molar refractivity (Wildman–Crippen MR) is 88.7 cm³/mol. The molecule has 0 aromatic heterocycles. The second kappa shape index (κ2) is 6.52. The van der Waals surface area contributed by atoms with E-state index in [4.69, 9.17) is 0 Å². The molecule has 2 heteroatoms. The summed E-state index contributed by atoms with van der Waals surface area (Å²) in [5.74, 6) is 3.13. The van der Waals surface area contributed by atoms with Gasteiger partial charge in [-0.15, -0.1) is 0 Å². The first kappa shape index (κ1) is 15.2. The van der Waals surface area contributed by atoms with Gasteiger partial charge in [-0.3, -0.25) is 0 Å². The van der Waals surface area contributed by atoms with Gasteiger partial charge in [0.25, 0.3) is 0 Å². The Hall–Kier alpha value is -0.171. The first-order chi connectivity index (χ1) is 9.04. The maximum atomic E-state index is 2.45. The molecule has 1 saturated carbocycles. The summed E-state index contributed by atoms with van der Waals surface area (Å²) in [5, 5.41) is 2.11. The predicted octanol–water partition coefficient (Wildman–Crippen LogP) is 5.13. The molecular formula is C17H24SSe. The quantitative estimate of drug-likeness (QED) is 0.529. The second-order valence-electron chi connectivity index (χ2n) is 5.53. The first-order valence-corrected chi connectivity index (χ1v) is 10.7. The summed E-state index contributed by atoms with van der Waals surface area (Å²) < 4.78 is 0. The summed E-state index contributed by atoms with van der Waals surface area (Å²) in [6.45, 7) is 9.02. The van der Waals surface area contributed by atoms with E-state index in [-0.39, 0.29) is 0 Å². The van der Waals surface area contributed by atoms with Crippen molar-refractivity contribution in [1.29, 1.82) is 0 Å².